The Labute approximate surface area is 209 Å². The molecule has 0 unspecified atom stereocenters. The van der Waals surface area contributed by atoms with E-state index in [9.17, 15) is 17.6 Å². The van der Waals surface area contributed by atoms with Gasteiger partial charge in [0.25, 0.3) is 0 Å². The van der Waals surface area contributed by atoms with Crippen LogP contribution in [-0.2, 0) is 6.18 Å². The van der Waals surface area contributed by atoms with Crippen molar-refractivity contribution < 1.29 is 22.0 Å². The van der Waals surface area contributed by atoms with Gasteiger partial charge in [0.1, 0.15) is 23.2 Å². The van der Waals surface area contributed by atoms with E-state index in [0.717, 1.165) is 18.2 Å². The van der Waals surface area contributed by atoms with Crippen LogP contribution in [0.2, 0.25) is 0 Å². The van der Waals surface area contributed by atoms with Crippen molar-refractivity contribution in [2.24, 2.45) is 5.73 Å². The molecule has 0 saturated carbocycles. The lowest BCUT2D eigenvalue weighted by Crippen LogP contribution is -2.40. The van der Waals surface area contributed by atoms with E-state index in [0.29, 0.717) is 25.9 Å². The highest BCUT2D eigenvalue weighted by atomic mass is 19.4. The Morgan fingerprint density at radius 1 is 0.919 bits per heavy atom. The third-order valence-electron chi connectivity index (χ3n) is 6.47. The molecule has 5 nitrogen and oxygen atoms in total. The van der Waals surface area contributed by atoms with Crippen LogP contribution in [-0.4, -0.2) is 29.1 Å². The molecule has 1 fully saturated rings. The summed E-state index contributed by atoms with van der Waals surface area (Å²) in [7, 11) is 0. The second-order valence-corrected chi connectivity index (χ2v) is 8.90. The average Bonchev–Trinajstić information content (AvgIpc) is 2.88. The SMILES string of the molecule is N#Cc1ccc(-c2nc(N3CCC(N)CC3)nc3c(F)cc(-c4ccccc4C(F)(F)F)cc23)cc1F. The van der Waals surface area contributed by atoms with Gasteiger partial charge in [-0.1, -0.05) is 24.3 Å². The van der Waals surface area contributed by atoms with E-state index in [2.05, 4.69) is 9.97 Å². The van der Waals surface area contributed by atoms with Crippen LogP contribution in [0.25, 0.3) is 33.3 Å². The summed E-state index contributed by atoms with van der Waals surface area (Å²) in [6, 6.07) is 12.9. The number of hydrogen-bond donors (Lipinski definition) is 1. The topological polar surface area (TPSA) is 78.8 Å². The maximum absolute atomic E-state index is 15.5. The fourth-order valence-electron chi connectivity index (χ4n) is 4.53. The van der Waals surface area contributed by atoms with Gasteiger partial charge in [-0.05, 0) is 54.3 Å². The molecule has 188 valence electrons. The number of aromatic nitrogens is 2. The highest BCUT2D eigenvalue weighted by molar-refractivity contribution is 5.96. The minimum atomic E-state index is -4.66. The first kappa shape index (κ1) is 24.6. The molecule has 0 spiro atoms. The van der Waals surface area contributed by atoms with E-state index < -0.39 is 23.4 Å². The van der Waals surface area contributed by atoms with Crippen LogP contribution in [0, 0.1) is 23.0 Å². The number of piperidine rings is 1. The minimum Gasteiger partial charge on any atom is -0.341 e. The standard InChI is InChI=1S/C27H20F5N5/c28-22-12-15(5-6-16(22)14-33)24-20-11-17(19-3-1-2-4-21(19)27(30,31)32)13-23(29)25(20)36-26(35-24)37-9-7-18(34)8-10-37/h1-6,11-13,18H,7-10,34H2. The number of anilines is 1. The number of rotatable bonds is 3. The monoisotopic (exact) mass is 509 g/mol. The molecule has 1 aliphatic heterocycles. The Morgan fingerprint density at radius 3 is 2.30 bits per heavy atom. The van der Waals surface area contributed by atoms with Crippen molar-refractivity contribution in [3.05, 3.63) is 77.4 Å². The van der Waals surface area contributed by atoms with Gasteiger partial charge in [-0.15, -0.1) is 0 Å². The maximum atomic E-state index is 15.5. The molecule has 4 aromatic rings. The molecule has 37 heavy (non-hydrogen) atoms. The zero-order valence-electron chi connectivity index (χ0n) is 19.4. The smallest absolute Gasteiger partial charge is 0.341 e. The number of nitrogens with two attached hydrogens (primary N) is 1. The van der Waals surface area contributed by atoms with Gasteiger partial charge >= 0.3 is 6.18 Å². The number of hydrogen-bond acceptors (Lipinski definition) is 5. The van der Waals surface area contributed by atoms with Crippen LogP contribution in [0.3, 0.4) is 0 Å². The molecule has 0 bridgehead atoms. The summed E-state index contributed by atoms with van der Waals surface area (Å²) >= 11 is 0. The summed E-state index contributed by atoms with van der Waals surface area (Å²) < 4.78 is 71.2. The molecule has 10 heteroatoms. The van der Waals surface area contributed by atoms with Crippen LogP contribution >= 0.6 is 0 Å². The Balaban J connectivity index is 1.76. The highest BCUT2D eigenvalue weighted by Crippen LogP contribution is 2.40. The summed E-state index contributed by atoms with van der Waals surface area (Å²) in [5, 5.41) is 9.22. The Hall–Kier alpha value is -4.10. The number of nitriles is 1. The van der Waals surface area contributed by atoms with E-state index >= 15 is 4.39 Å². The lowest BCUT2D eigenvalue weighted by atomic mass is 9.96. The lowest BCUT2D eigenvalue weighted by molar-refractivity contribution is -0.137. The number of alkyl halides is 3. The van der Waals surface area contributed by atoms with E-state index in [4.69, 9.17) is 11.0 Å². The molecule has 1 aromatic heterocycles. The predicted octanol–water partition coefficient (Wildman–Crippen LogP) is 6.06. The van der Waals surface area contributed by atoms with Crippen LogP contribution in [0.4, 0.5) is 27.9 Å². The fourth-order valence-corrected chi connectivity index (χ4v) is 4.53. The normalized spacial score (nSPS) is 14.7. The largest absolute Gasteiger partial charge is 0.417 e. The second-order valence-electron chi connectivity index (χ2n) is 8.90. The summed E-state index contributed by atoms with van der Waals surface area (Å²) in [5.74, 6) is -1.42. The molecule has 2 N–H and O–H groups in total. The first-order valence-corrected chi connectivity index (χ1v) is 11.5. The van der Waals surface area contributed by atoms with Gasteiger partial charge in [0.2, 0.25) is 5.95 Å². The molecular formula is C27H20F5N5. The van der Waals surface area contributed by atoms with Crippen molar-refractivity contribution in [3.8, 4) is 28.5 Å². The van der Waals surface area contributed by atoms with Crippen LogP contribution in [0.5, 0.6) is 0 Å². The molecule has 0 radical (unpaired) electrons. The zero-order valence-corrected chi connectivity index (χ0v) is 19.4. The molecule has 0 aliphatic carbocycles. The van der Waals surface area contributed by atoms with Gasteiger partial charge < -0.3 is 10.6 Å². The first-order chi connectivity index (χ1) is 17.7. The van der Waals surface area contributed by atoms with Crippen molar-refractivity contribution >= 4 is 16.9 Å². The van der Waals surface area contributed by atoms with E-state index in [1.54, 1.807) is 6.07 Å². The average molecular weight is 509 g/mol. The maximum Gasteiger partial charge on any atom is 0.417 e. The third-order valence-corrected chi connectivity index (χ3v) is 6.47. The molecule has 0 amide bonds. The highest BCUT2D eigenvalue weighted by Gasteiger charge is 2.33. The molecule has 5 rings (SSSR count). The van der Waals surface area contributed by atoms with Gasteiger partial charge in [0.05, 0.1) is 16.8 Å². The quantitative estimate of drug-likeness (QED) is 0.340. The van der Waals surface area contributed by atoms with Crippen LogP contribution in [0.15, 0.2) is 54.6 Å². The molecule has 3 aromatic carbocycles. The van der Waals surface area contributed by atoms with Gasteiger partial charge in [-0.3, -0.25) is 0 Å². The van der Waals surface area contributed by atoms with Crippen molar-refractivity contribution in [2.45, 2.75) is 25.1 Å². The third kappa shape index (κ3) is 4.70. The number of fused-ring (bicyclic) bond motifs is 1. The number of benzene rings is 3. The number of nitrogens with zero attached hydrogens (tertiary/aromatic N) is 4. The van der Waals surface area contributed by atoms with Crippen molar-refractivity contribution in [1.29, 1.82) is 5.26 Å². The van der Waals surface area contributed by atoms with Gasteiger partial charge in [0.15, 0.2) is 0 Å². The van der Waals surface area contributed by atoms with Crippen LogP contribution in [0.1, 0.15) is 24.0 Å². The second kappa shape index (κ2) is 9.41. The Bertz CT molecular complexity index is 1540. The molecular weight excluding hydrogens is 489 g/mol. The molecule has 1 saturated heterocycles. The summed E-state index contributed by atoms with van der Waals surface area (Å²) in [4.78, 5) is 10.8. The lowest BCUT2D eigenvalue weighted by Gasteiger charge is -2.30. The molecule has 0 atom stereocenters. The van der Waals surface area contributed by atoms with Crippen molar-refractivity contribution in [3.63, 3.8) is 0 Å². The fraction of sp³-hybridized carbons (Fsp3) is 0.222. The zero-order chi connectivity index (χ0) is 26.3. The van der Waals surface area contributed by atoms with Crippen molar-refractivity contribution in [1.82, 2.24) is 9.97 Å². The molecule has 1 aliphatic rings. The minimum absolute atomic E-state index is 0.0198. The predicted molar refractivity (Wildman–Crippen MR) is 129 cm³/mol. The van der Waals surface area contributed by atoms with E-state index in [1.165, 1.54) is 36.4 Å². The number of halogens is 5. The van der Waals surface area contributed by atoms with Gasteiger partial charge in [-0.2, -0.15) is 18.4 Å². The summed E-state index contributed by atoms with van der Waals surface area (Å²) in [6.07, 6.45) is -3.30. The van der Waals surface area contributed by atoms with Gasteiger partial charge in [0, 0.05) is 30.1 Å². The Morgan fingerprint density at radius 2 is 1.62 bits per heavy atom. The van der Waals surface area contributed by atoms with Gasteiger partial charge in [-0.25, -0.2) is 18.7 Å². The Kier molecular flexibility index (Phi) is 6.25. The summed E-state index contributed by atoms with van der Waals surface area (Å²) in [6.45, 7) is 1.07. The molecule has 2 heterocycles. The summed E-state index contributed by atoms with van der Waals surface area (Å²) in [5.41, 5.74) is 4.94. The van der Waals surface area contributed by atoms with Crippen molar-refractivity contribution in [2.75, 3.05) is 18.0 Å². The first-order valence-electron chi connectivity index (χ1n) is 11.5. The van der Waals surface area contributed by atoms with E-state index in [-0.39, 0.29) is 50.8 Å². The van der Waals surface area contributed by atoms with Crippen LogP contribution < -0.4 is 10.6 Å². The van der Waals surface area contributed by atoms with E-state index in [1.807, 2.05) is 4.90 Å².